The lowest BCUT2D eigenvalue weighted by atomic mass is 9.95. The van der Waals surface area contributed by atoms with Crippen molar-refractivity contribution in [3.05, 3.63) is 77.6 Å². The molecule has 3 aromatic carbocycles. The Morgan fingerprint density at radius 1 is 1.06 bits per heavy atom. The van der Waals surface area contributed by atoms with Gasteiger partial charge in [-0.15, -0.1) is 0 Å². The normalized spacial score (nSPS) is 14.6. The van der Waals surface area contributed by atoms with Gasteiger partial charge in [0.05, 0.1) is 17.2 Å². The van der Waals surface area contributed by atoms with Crippen molar-refractivity contribution < 1.29 is 15.0 Å². The molecule has 0 amide bonds. The second-order valence-electron chi connectivity index (χ2n) is 8.13. The van der Waals surface area contributed by atoms with E-state index in [1.807, 2.05) is 37.3 Å². The highest BCUT2D eigenvalue weighted by atomic mass is 16.4. The summed E-state index contributed by atoms with van der Waals surface area (Å²) in [5.41, 5.74) is 6.69. The standard InChI is InChI=1S/C25H23N3O3/c1-15-26-23-11-19(10-22(25(30)31)24(23)27-15)16-6-8-17(9-7-16)21-5-3-2-4-18(21)12-28-13-20(29)14-28/h2-11,20,29H,12-14H2,1H3,(H,26,27)(H,30,31). The number of aromatic nitrogens is 2. The van der Waals surface area contributed by atoms with E-state index in [1.165, 1.54) is 11.1 Å². The zero-order valence-electron chi connectivity index (χ0n) is 17.2. The average Bonchev–Trinajstić information content (AvgIpc) is 3.12. The quantitative estimate of drug-likeness (QED) is 0.459. The molecule has 1 aliphatic rings. The number of β-amino-alcohol motifs (C(OH)–C–C–N with tert-alkyl or cyclic N) is 1. The van der Waals surface area contributed by atoms with Crippen molar-refractivity contribution in [2.75, 3.05) is 13.1 Å². The van der Waals surface area contributed by atoms with Crippen molar-refractivity contribution in [2.24, 2.45) is 0 Å². The largest absolute Gasteiger partial charge is 0.478 e. The molecule has 0 bridgehead atoms. The number of hydrogen-bond acceptors (Lipinski definition) is 4. The van der Waals surface area contributed by atoms with Crippen LogP contribution in [0.1, 0.15) is 21.7 Å². The van der Waals surface area contributed by atoms with Crippen molar-refractivity contribution in [1.29, 1.82) is 0 Å². The number of fused-ring (bicyclic) bond motifs is 1. The lowest BCUT2D eigenvalue weighted by Crippen LogP contribution is -2.49. The van der Waals surface area contributed by atoms with Crippen molar-refractivity contribution in [1.82, 2.24) is 14.9 Å². The van der Waals surface area contributed by atoms with Gasteiger partial charge in [-0.05, 0) is 46.9 Å². The van der Waals surface area contributed by atoms with Crippen LogP contribution in [0.2, 0.25) is 0 Å². The van der Waals surface area contributed by atoms with Crippen LogP contribution in [-0.4, -0.2) is 50.2 Å². The van der Waals surface area contributed by atoms with E-state index in [0.717, 1.165) is 28.8 Å². The van der Waals surface area contributed by atoms with E-state index in [-0.39, 0.29) is 11.7 Å². The van der Waals surface area contributed by atoms with E-state index >= 15 is 0 Å². The molecular formula is C25H23N3O3. The second kappa shape index (κ2) is 7.65. The Balaban J connectivity index is 1.48. The first-order valence-corrected chi connectivity index (χ1v) is 10.3. The third kappa shape index (κ3) is 3.71. The van der Waals surface area contributed by atoms with Crippen LogP contribution in [0.15, 0.2) is 60.7 Å². The highest BCUT2D eigenvalue weighted by molar-refractivity contribution is 6.03. The number of carboxylic acid groups (broad SMARTS) is 1. The Kier molecular flexibility index (Phi) is 4.81. The number of nitrogens with zero attached hydrogens (tertiary/aromatic N) is 2. The number of carbonyl (C=O) groups is 1. The van der Waals surface area contributed by atoms with E-state index in [9.17, 15) is 15.0 Å². The van der Waals surface area contributed by atoms with Crippen molar-refractivity contribution in [3.63, 3.8) is 0 Å². The number of imidazole rings is 1. The average molecular weight is 413 g/mol. The fraction of sp³-hybridized carbons (Fsp3) is 0.200. The van der Waals surface area contributed by atoms with E-state index in [1.54, 1.807) is 6.07 Å². The third-order valence-corrected chi connectivity index (χ3v) is 5.81. The molecule has 4 aromatic rings. The van der Waals surface area contributed by atoms with E-state index in [2.05, 4.69) is 39.1 Å². The zero-order chi connectivity index (χ0) is 21.5. The molecular weight excluding hydrogens is 390 g/mol. The molecule has 3 N–H and O–H groups in total. The summed E-state index contributed by atoms with van der Waals surface area (Å²) in [7, 11) is 0. The molecule has 1 aliphatic heterocycles. The highest BCUT2D eigenvalue weighted by Gasteiger charge is 2.24. The number of aromatic carboxylic acids is 1. The second-order valence-corrected chi connectivity index (χ2v) is 8.13. The van der Waals surface area contributed by atoms with Gasteiger partial charge >= 0.3 is 5.97 Å². The number of likely N-dealkylation sites (tertiary alicyclic amines) is 1. The summed E-state index contributed by atoms with van der Waals surface area (Å²) in [4.78, 5) is 21.4. The molecule has 31 heavy (non-hydrogen) atoms. The first-order valence-electron chi connectivity index (χ1n) is 10.3. The molecule has 0 spiro atoms. The van der Waals surface area contributed by atoms with E-state index < -0.39 is 5.97 Å². The number of rotatable bonds is 5. The van der Waals surface area contributed by atoms with Crippen LogP contribution in [0.3, 0.4) is 0 Å². The number of aromatic amines is 1. The Morgan fingerprint density at radius 2 is 1.77 bits per heavy atom. The van der Waals surface area contributed by atoms with E-state index in [4.69, 9.17) is 0 Å². The van der Waals surface area contributed by atoms with Crippen LogP contribution >= 0.6 is 0 Å². The molecule has 6 nitrogen and oxygen atoms in total. The summed E-state index contributed by atoms with van der Waals surface area (Å²) in [5.74, 6) is -0.295. The maximum absolute atomic E-state index is 11.7. The van der Waals surface area contributed by atoms with Gasteiger partial charge in [0.25, 0.3) is 0 Å². The Morgan fingerprint density at radius 3 is 2.48 bits per heavy atom. The smallest absolute Gasteiger partial charge is 0.337 e. The van der Waals surface area contributed by atoms with Gasteiger partial charge < -0.3 is 15.2 Å². The molecule has 0 atom stereocenters. The summed E-state index contributed by atoms with van der Waals surface area (Å²) in [6, 6.07) is 20.1. The number of aliphatic hydroxyl groups excluding tert-OH is 1. The van der Waals surface area contributed by atoms with E-state index in [0.29, 0.717) is 24.4 Å². The van der Waals surface area contributed by atoms with Gasteiger partial charge in [0.1, 0.15) is 11.3 Å². The number of aliphatic hydroxyl groups is 1. The lowest BCUT2D eigenvalue weighted by molar-refractivity contribution is -0.00278. The summed E-state index contributed by atoms with van der Waals surface area (Å²) in [5, 5.41) is 19.2. The summed E-state index contributed by atoms with van der Waals surface area (Å²) < 4.78 is 0. The summed E-state index contributed by atoms with van der Waals surface area (Å²) in [6.45, 7) is 4.06. The van der Waals surface area contributed by atoms with Gasteiger partial charge in [0.2, 0.25) is 0 Å². The molecule has 1 fully saturated rings. The summed E-state index contributed by atoms with van der Waals surface area (Å²) in [6.07, 6.45) is -0.210. The first-order chi connectivity index (χ1) is 15.0. The SMILES string of the molecule is Cc1nc2c(C(=O)O)cc(-c3ccc(-c4ccccc4CN4CC(O)C4)cc3)cc2[nH]1. The molecule has 0 aliphatic carbocycles. The molecule has 0 radical (unpaired) electrons. The lowest BCUT2D eigenvalue weighted by Gasteiger charge is -2.36. The van der Waals surface area contributed by atoms with Gasteiger partial charge in [-0.3, -0.25) is 4.90 Å². The topological polar surface area (TPSA) is 89.4 Å². The monoisotopic (exact) mass is 413 g/mol. The minimum atomic E-state index is -0.986. The van der Waals surface area contributed by atoms with Crippen LogP contribution < -0.4 is 0 Å². The Labute approximate surface area is 179 Å². The van der Waals surface area contributed by atoms with Crippen molar-refractivity contribution in [2.45, 2.75) is 19.6 Å². The van der Waals surface area contributed by atoms with Crippen LogP contribution in [0.25, 0.3) is 33.3 Å². The number of benzene rings is 3. The van der Waals surface area contributed by atoms with Crippen molar-refractivity contribution in [3.8, 4) is 22.3 Å². The predicted octanol–water partition coefficient (Wildman–Crippen LogP) is 4.08. The van der Waals surface area contributed by atoms with Gasteiger partial charge in [-0.2, -0.15) is 0 Å². The predicted molar refractivity (Wildman–Crippen MR) is 120 cm³/mol. The third-order valence-electron chi connectivity index (χ3n) is 5.81. The van der Waals surface area contributed by atoms with Gasteiger partial charge in [-0.25, -0.2) is 9.78 Å². The molecule has 5 rings (SSSR count). The number of carboxylic acids is 1. The molecule has 2 heterocycles. The Bertz CT molecular complexity index is 1270. The molecule has 1 aromatic heterocycles. The minimum absolute atomic E-state index is 0.197. The first kappa shape index (κ1) is 19.5. The van der Waals surface area contributed by atoms with Gasteiger partial charge in [0, 0.05) is 19.6 Å². The molecule has 0 unspecified atom stereocenters. The van der Waals surface area contributed by atoms with Crippen molar-refractivity contribution >= 4 is 17.0 Å². The van der Waals surface area contributed by atoms with Gasteiger partial charge in [-0.1, -0.05) is 48.5 Å². The van der Waals surface area contributed by atoms with Gasteiger partial charge in [0.15, 0.2) is 0 Å². The highest BCUT2D eigenvalue weighted by Crippen LogP contribution is 2.31. The maximum Gasteiger partial charge on any atom is 0.337 e. The molecule has 6 heteroatoms. The zero-order valence-corrected chi connectivity index (χ0v) is 17.2. The van der Waals surface area contributed by atoms with Crippen LogP contribution in [0.4, 0.5) is 0 Å². The fourth-order valence-corrected chi connectivity index (χ4v) is 4.27. The Hall–Kier alpha value is -3.48. The fourth-order valence-electron chi connectivity index (χ4n) is 4.27. The molecule has 0 saturated carbocycles. The minimum Gasteiger partial charge on any atom is -0.478 e. The molecule has 156 valence electrons. The van der Waals surface area contributed by atoms with Crippen LogP contribution in [0.5, 0.6) is 0 Å². The number of hydrogen-bond donors (Lipinski definition) is 3. The summed E-state index contributed by atoms with van der Waals surface area (Å²) >= 11 is 0. The number of H-pyrrole nitrogens is 1. The van der Waals surface area contributed by atoms with Crippen LogP contribution in [0, 0.1) is 6.92 Å². The number of nitrogens with one attached hydrogen (secondary N) is 1. The number of aryl methyl sites for hydroxylation is 1. The molecule has 1 saturated heterocycles. The maximum atomic E-state index is 11.7. The van der Waals surface area contributed by atoms with Crippen LogP contribution in [-0.2, 0) is 6.54 Å².